The lowest BCUT2D eigenvalue weighted by Gasteiger charge is -2.04. The highest BCUT2D eigenvalue weighted by Gasteiger charge is 2.13. The Kier molecular flexibility index (Phi) is 2.90. The van der Waals surface area contributed by atoms with Crippen molar-refractivity contribution < 1.29 is 9.53 Å². The molecule has 3 aromatic rings. The van der Waals surface area contributed by atoms with Gasteiger partial charge in [-0.25, -0.2) is 14.5 Å². The third-order valence-electron chi connectivity index (χ3n) is 2.69. The first-order valence-corrected chi connectivity index (χ1v) is 6.08. The standard InChI is InChI=1S/C12H12N6O2/c1-3-20-11(19)9-5-14-17(6-9)10-4-8(2)16-12-13-7-15-18(10)12/h4-7H,3H2,1-2H3. The number of carbonyl (C=O) groups excluding carboxylic acids is 1. The average molecular weight is 272 g/mol. The molecule has 0 radical (unpaired) electrons. The Balaban J connectivity index is 2.07. The van der Waals surface area contributed by atoms with Crippen LogP contribution in [0.4, 0.5) is 0 Å². The lowest BCUT2D eigenvalue weighted by atomic mass is 10.4. The van der Waals surface area contributed by atoms with Gasteiger partial charge in [0.05, 0.1) is 18.4 Å². The summed E-state index contributed by atoms with van der Waals surface area (Å²) in [6, 6.07) is 1.81. The van der Waals surface area contributed by atoms with Crippen LogP contribution in [0.1, 0.15) is 23.0 Å². The molecule has 0 aliphatic rings. The summed E-state index contributed by atoms with van der Waals surface area (Å²) in [4.78, 5) is 19.9. The van der Waals surface area contributed by atoms with Crippen LogP contribution in [0.25, 0.3) is 11.6 Å². The van der Waals surface area contributed by atoms with E-state index in [0.717, 1.165) is 5.69 Å². The quantitative estimate of drug-likeness (QED) is 0.655. The maximum absolute atomic E-state index is 11.6. The molecular weight excluding hydrogens is 260 g/mol. The SMILES string of the molecule is CCOC(=O)c1cnn(-c2cc(C)nc3ncnn23)c1. The molecule has 102 valence electrons. The lowest BCUT2D eigenvalue weighted by molar-refractivity contribution is 0.0526. The molecule has 8 heteroatoms. The zero-order chi connectivity index (χ0) is 14.1. The molecule has 0 aromatic carbocycles. The normalized spacial score (nSPS) is 10.9. The van der Waals surface area contributed by atoms with E-state index in [1.54, 1.807) is 22.3 Å². The molecule has 3 aromatic heterocycles. The zero-order valence-electron chi connectivity index (χ0n) is 11.0. The fraction of sp³-hybridized carbons (Fsp3) is 0.250. The highest BCUT2D eigenvalue weighted by atomic mass is 16.5. The van der Waals surface area contributed by atoms with Crippen molar-refractivity contribution in [2.45, 2.75) is 13.8 Å². The van der Waals surface area contributed by atoms with E-state index in [-0.39, 0.29) is 0 Å². The Morgan fingerprint density at radius 1 is 1.40 bits per heavy atom. The molecular formula is C12H12N6O2. The number of ether oxygens (including phenoxy) is 1. The highest BCUT2D eigenvalue weighted by molar-refractivity contribution is 5.88. The molecule has 0 N–H and O–H groups in total. The Morgan fingerprint density at radius 2 is 2.25 bits per heavy atom. The molecule has 0 fully saturated rings. The molecule has 0 amide bonds. The average Bonchev–Trinajstić information content (AvgIpc) is 3.06. The number of nitrogens with zero attached hydrogens (tertiary/aromatic N) is 6. The molecule has 0 bridgehead atoms. The van der Waals surface area contributed by atoms with Crippen molar-refractivity contribution in [1.29, 1.82) is 0 Å². The Morgan fingerprint density at radius 3 is 3.05 bits per heavy atom. The molecule has 0 atom stereocenters. The molecule has 0 aliphatic carbocycles. The van der Waals surface area contributed by atoms with Crippen molar-refractivity contribution in [3.05, 3.63) is 36.0 Å². The third kappa shape index (κ3) is 2.00. The van der Waals surface area contributed by atoms with E-state index < -0.39 is 5.97 Å². The summed E-state index contributed by atoms with van der Waals surface area (Å²) in [5, 5.41) is 8.25. The lowest BCUT2D eigenvalue weighted by Crippen LogP contribution is -2.07. The summed E-state index contributed by atoms with van der Waals surface area (Å²) < 4.78 is 8.03. The maximum atomic E-state index is 11.6. The number of aryl methyl sites for hydroxylation is 1. The summed E-state index contributed by atoms with van der Waals surface area (Å²) >= 11 is 0. The van der Waals surface area contributed by atoms with Gasteiger partial charge in [0.1, 0.15) is 6.33 Å². The minimum atomic E-state index is -0.403. The first kappa shape index (κ1) is 12.3. The number of esters is 1. The fourth-order valence-corrected chi connectivity index (χ4v) is 1.84. The summed E-state index contributed by atoms with van der Waals surface area (Å²) in [5.74, 6) is 0.730. The summed E-state index contributed by atoms with van der Waals surface area (Å²) in [6.45, 7) is 3.94. The third-order valence-corrected chi connectivity index (χ3v) is 2.69. The number of carbonyl (C=O) groups is 1. The van der Waals surface area contributed by atoms with Gasteiger partial charge in [0, 0.05) is 18.0 Å². The van der Waals surface area contributed by atoms with Crippen LogP contribution in [0.5, 0.6) is 0 Å². The van der Waals surface area contributed by atoms with Crippen LogP contribution in [-0.4, -0.2) is 41.9 Å². The molecule has 0 saturated heterocycles. The molecule has 8 nitrogen and oxygen atoms in total. The first-order valence-electron chi connectivity index (χ1n) is 6.08. The first-order chi connectivity index (χ1) is 9.69. The van der Waals surface area contributed by atoms with Crippen LogP contribution >= 0.6 is 0 Å². The Hall–Kier alpha value is -2.77. The number of rotatable bonds is 3. The van der Waals surface area contributed by atoms with Gasteiger partial charge in [-0.05, 0) is 13.8 Å². The van der Waals surface area contributed by atoms with E-state index in [1.165, 1.54) is 12.5 Å². The molecule has 0 aliphatic heterocycles. The number of aromatic nitrogens is 6. The van der Waals surface area contributed by atoms with E-state index in [9.17, 15) is 4.79 Å². The van der Waals surface area contributed by atoms with Crippen molar-refractivity contribution in [3.8, 4) is 5.82 Å². The maximum Gasteiger partial charge on any atom is 0.341 e. The van der Waals surface area contributed by atoms with E-state index in [0.29, 0.717) is 23.8 Å². The van der Waals surface area contributed by atoms with Crippen LogP contribution < -0.4 is 0 Å². The van der Waals surface area contributed by atoms with Gasteiger partial charge in [-0.2, -0.15) is 19.7 Å². The van der Waals surface area contributed by atoms with Crippen molar-refractivity contribution in [2.75, 3.05) is 6.61 Å². The molecule has 0 saturated carbocycles. The van der Waals surface area contributed by atoms with Gasteiger partial charge in [0.2, 0.25) is 0 Å². The van der Waals surface area contributed by atoms with Gasteiger partial charge in [-0.1, -0.05) is 0 Å². The van der Waals surface area contributed by atoms with Crippen molar-refractivity contribution in [1.82, 2.24) is 29.4 Å². The van der Waals surface area contributed by atoms with Crippen LogP contribution in [0.15, 0.2) is 24.8 Å². The minimum Gasteiger partial charge on any atom is -0.462 e. The van der Waals surface area contributed by atoms with Crippen LogP contribution in [0.2, 0.25) is 0 Å². The summed E-state index contributed by atoms with van der Waals surface area (Å²) in [6.07, 6.45) is 4.46. The summed E-state index contributed by atoms with van der Waals surface area (Å²) in [7, 11) is 0. The largest absolute Gasteiger partial charge is 0.462 e. The second kappa shape index (κ2) is 4.72. The van der Waals surface area contributed by atoms with E-state index in [2.05, 4.69) is 20.2 Å². The van der Waals surface area contributed by atoms with Gasteiger partial charge in [0.25, 0.3) is 5.78 Å². The molecule has 20 heavy (non-hydrogen) atoms. The van der Waals surface area contributed by atoms with E-state index >= 15 is 0 Å². The second-order valence-electron chi connectivity index (χ2n) is 4.12. The van der Waals surface area contributed by atoms with Crippen molar-refractivity contribution in [3.63, 3.8) is 0 Å². The van der Waals surface area contributed by atoms with Gasteiger partial charge in [-0.15, -0.1) is 0 Å². The molecule has 3 heterocycles. The Bertz CT molecular complexity index is 775. The smallest absolute Gasteiger partial charge is 0.341 e. The fourth-order valence-electron chi connectivity index (χ4n) is 1.84. The summed E-state index contributed by atoms with van der Waals surface area (Å²) in [5.41, 5.74) is 1.17. The molecule has 3 rings (SSSR count). The van der Waals surface area contributed by atoms with Crippen LogP contribution in [0.3, 0.4) is 0 Å². The number of hydrogen-bond donors (Lipinski definition) is 0. The van der Waals surface area contributed by atoms with Gasteiger partial charge >= 0.3 is 5.97 Å². The van der Waals surface area contributed by atoms with E-state index in [4.69, 9.17) is 4.74 Å². The molecule has 0 unspecified atom stereocenters. The van der Waals surface area contributed by atoms with E-state index in [1.807, 2.05) is 13.0 Å². The van der Waals surface area contributed by atoms with Crippen LogP contribution in [-0.2, 0) is 4.74 Å². The van der Waals surface area contributed by atoms with Gasteiger partial charge < -0.3 is 4.74 Å². The highest BCUT2D eigenvalue weighted by Crippen LogP contribution is 2.11. The van der Waals surface area contributed by atoms with Crippen molar-refractivity contribution >= 4 is 11.7 Å². The predicted molar refractivity (Wildman–Crippen MR) is 68.6 cm³/mol. The predicted octanol–water partition coefficient (Wildman–Crippen LogP) is 0.795. The zero-order valence-corrected chi connectivity index (χ0v) is 11.0. The van der Waals surface area contributed by atoms with Crippen molar-refractivity contribution in [2.24, 2.45) is 0 Å². The topological polar surface area (TPSA) is 87.2 Å². The number of fused-ring (bicyclic) bond motifs is 1. The van der Waals surface area contributed by atoms with Gasteiger partial charge in [-0.3, -0.25) is 0 Å². The second-order valence-corrected chi connectivity index (χ2v) is 4.12. The Labute approximate surface area is 114 Å². The number of hydrogen-bond acceptors (Lipinski definition) is 6. The monoisotopic (exact) mass is 272 g/mol. The molecule has 0 spiro atoms. The minimum absolute atomic E-state index is 0.325. The van der Waals surface area contributed by atoms with Crippen LogP contribution in [0, 0.1) is 6.92 Å². The van der Waals surface area contributed by atoms with Gasteiger partial charge in [0.15, 0.2) is 5.82 Å².